The van der Waals surface area contributed by atoms with Gasteiger partial charge in [-0.1, -0.05) is 25.8 Å². The van der Waals surface area contributed by atoms with Crippen LogP contribution in [0.2, 0.25) is 0 Å². The lowest BCUT2D eigenvalue weighted by molar-refractivity contribution is -0.105. The first-order valence-electron chi connectivity index (χ1n) is 5.02. The zero-order valence-electron chi connectivity index (χ0n) is 7.88. The lowest BCUT2D eigenvalue weighted by Gasteiger charge is -2.17. The van der Waals surface area contributed by atoms with Gasteiger partial charge in [-0.2, -0.15) is 0 Å². The number of carbonyl (C=O) groups is 1. The van der Waals surface area contributed by atoms with E-state index in [1.54, 1.807) is 0 Å². The van der Waals surface area contributed by atoms with Gasteiger partial charge in [-0.25, -0.2) is 0 Å². The average molecular weight is 166 g/mol. The van der Waals surface area contributed by atoms with Crippen molar-refractivity contribution < 1.29 is 4.79 Å². The molecule has 1 rings (SSSR count). The van der Waals surface area contributed by atoms with Crippen molar-refractivity contribution in [2.24, 2.45) is 5.92 Å². The quantitative estimate of drug-likeness (QED) is 0.586. The molecule has 1 unspecified atom stereocenters. The molecule has 1 aliphatic rings. The molecule has 0 aromatic rings. The normalized spacial score (nSPS) is 23.4. The highest BCUT2D eigenvalue weighted by atomic mass is 16.1. The van der Waals surface area contributed by atoms with Gasteiger partial charge in [0, 0.05) is 0 Å². The highest BCUT2D eigenvalue weighted by Crippen LogP contribution is 2.25. The van der Waals surface area contributed by atoms with Crippen molar-refractivity contribution in [3.63, 3.8) is 0 Å². The molecule has 1 aliphatic carbocycles. The summed E-state index contributed by atoms with van der Waals surface area (Å²) in [7, 11) is 0. The molecule has 1 nitrogen and oxygen atoms in total. The second kappa shape index (κ2) is 5.13. The molecule has 68 valence electrons. The van der Waals surface area contributed by atoms with Gasteiger partial charge in [0.25, 0.3) is 0 Å². The van der Waals surface area contributed by atoms with E-state index >= 15 is 0 Å². The molecule has 0 aromatic heterocycles. The summed E-state index contributed by atoms with van der Waals surface area (Å²) in [5.41, 5.74) is 1.03. The van der Waals surface area contributed by atoms with Gasteiger partial charge in [0.05, 0.1) is 0 Å². The second-order valence-corrected chi connectivity index (χ2v) is 3.65. The Morgan fingerprint density at radius 3 is 3.17 bits per heavy atom. The van der Waals surface area contributed by atoms with Crippen molar-refractivity contribution in [3.8, 4) is 0 Å². The van der Waals surface area contributed by atoms with Crippen LogP contribution in [0.1, 0.15) is 45.4 Å². The molecule has 0 spiro atoms. The maximum atomic E-state index is 10.5. The van der Waals surface area contributed by atoms with E-state index in [0.717, 1.165) is 18.3 Å². The third-order valence-corrected chi connectivity index (χ3v) is 2.57. The van der Waals surface area contributed by atoms with Crippen LogP contribution in [0.25, 0.3) is 0 Å². The van der Waals surface area contributed by atoms with Crippen molar-refractivity contribution in [1.29, 1.82) is 0 Å². The minimum absolute atomic E-state index is 0.693. The van der Waals surface area contributed by atoms with Gasteiger partial charge >= 0.3 is 0 Å². The fraction of sp³-hybridized carbons (Fsp3) is 0.727. The average Bonchev–Trinajstić information content (AvgIpc) is 2.15. The van der Waals surface area contributed by atoms with Crippen LogP contribution in [0.5, 0.6) is 0 Å². The Bertz CT molecular complexity index is 170. The number of hydrogen-bond donors (Lipinski definition) is 0. The van der Waals surface area contributed by atoms with Crippen LogP contribution in [0.4, 0.5) is 0 Å². The molecule has 0 radical (unpaired) electrons. The first-order chi connectivity index (χ1) is 5.86. The smallest absolute Gasteiger partial charge is 0.145 e. The third-order valence-electron chi connectivity index (χ3n) is 2.57. The predicted octanol–water partition coefficient (Wildman–Crippen LogP) is 3.10. The molecule has 0 N–H and O–H groups in total. The lowest BCUT2D eigenvalue weighted by Crippen LogP contribution is -2.05. The summed E-state index contributed by atoms with van der Waals surface area (Å²) < 4.78 is 0. The molecule has 1 heteroatoms. The second-order valence-electron chi connectivity index (χ2n) is 3.65. The van der Waals surface area contributed by atoms with Gasteiger partial charge in [0.1, 0.15) is 6.29 Å². The highest BCUT2D eigenvalue weighted by Gasteiger charge is 2.11. The summed E-state index contributed by atoms with van der Waals surface area (Å²) in [5.74, 6) is 0.693. The van der Waals surface area contributed by atoms with E-state index in [-0.39, 0.29) is 0 Å². The Morgan fingerprint density at radius 2 is 2.50 bits per heavy atom. The summed E-state index contributed by atoms with van der Waals surface area (Å²) in [4.78, 5) is 10.5. The van der Waals surface area contributed by atoms with Crippen molar-refractivity contribution >= 4 is 6.29 Å². The maximum Gasteiger partial charge on any atom is 0.145 e. The van der Waals surface area contributed by atoms with Crippen LogP contribution in [0, 0.1) is 5.92 Å². The number of unbranched alkanes of at least 4 members (excludes halogenated alkanes) is 1. The van der Waals surface area contributed by atoms with E-state index in [1.807, 2.05) is 0 Å². The zero-order valence-corrected chi connectivity index (χ0v) is 7.88. The zero-order chi connectivity index (χ0) is 8.81. The highest BCUT2D eigenvalue weighted by molar-refractivity contribution is 5.73. The van der Waals surface area contributed by atoms with Crippen molar-refractivity contribution in [2.45, 2.75) is 45.4 Å². The third kappa shape index (κ3) is 2.80. The predicted molar refractivity (Wildman–Crippen MR) is 51.0 cm³/mol. The van der Waals surface area contributed by atoms with E-state index < -0.39 is 0 Å². The molecule has 0 heterocycles. The molecule has 12 heavy (non-hydrogen) atoms. The summed E-state index contributed by atoms with van der Waals surface area (Å²) in [6.07, 6.45) is 10.6. The number of allylic oxidation sites excluding steroid dienone is 2. The minimum atomic E-state index is 0.693. The Hall–Kier alpha value is -0.590. The molecule has 1 atom stereocenters. The fourth-order valence-electron chi connectivity index (χ4n) is 1.83. The fourth-order valence-corrected chi connectivity index (χ4v) is 1.83. The van der Waals surface area contributed by atoms with Gasteiger partial charge in [-0.05, 0) is 37.2 Å². The van der Waals surface area contributed by atoms with Crippen LogP contribution in [0.3, 0.4) is 0 Å². The molecular formula is C11H18O. The number of hydrogen-bond acceptors (Lipinski definition) is 1. The van der Waals surface area contributed by atoms with Gasteiger partial charge in [0.15, 0.2) is 0 Å². The van der Waals surface area contributed by atoms with Crippen molar-refractivity contribution in [3.05, 3.63) is 11.6 Å². The Labute approximate surface area is 74.9 Å². The van der Waals surface area contributed by atoms with E-state index in [2.05, 4.69) is 13.0 Å². The topological polar surface area (TPSA) is 17.1 Å². The standard InChI is InChI=1S/C11H18O/c1-2-3-5-10-6-4-7-11(8-10)9-12/h8-10H,2-7H2,1H3. The molecule has 0 fully saturated rings. The van der Waals surface area contributed by atoms with Crippen molar-refractivity contribution in [1.82, 2.24) is 0 Å². The van der Waals surface area contributed by atoms with Gasteiger partial charge < -0.3 is 0 Å². The van der Waals surface area contributed by atoms with E-state index in [9.17, 15) is 4.79 Å². The number of aldehydes is 1. The first-order valence-corrected chi connectivity index (χ1v) is 5.02. The van der Waals surface area contributed by atoms with Crippen LogP contribution in [0.15, 0.2) is 11.6 Å². The largest absolute Gasteiger partial charge is 0.298 e. The SMILES string of the molecule is CCCCC1C=C(C=O)CCC1. The monoisotopic (exact) mass is 166 g/mol. The molecule has 0 aromatic carbocycles. The summed E-state index contributed by atoms with van der Waals surface area (Å²) in [6, 6.07) is 0. The summed E-state index contributed by atoms with van der Waals surface area (Å²) in [5, 5.41) is 0. The summed E-state index contributed by atoms with van der Waals surface area (Å²) >= 11 is 0. The van der Waals surface area contributed by atoms with Crippen LogP contribution in [-0.2, 0) is 4.79 Å². The Morgan fingerprint density at radius 1 is 1.67 bits per heavy atom. The Kier molecular flexibility index (Phi) is 4.06. The van der Waals surface area contributed by atoms with Gasteiger partial charge in [-0.3, -0.25) is 4.79 Å². The molecule has 0 bridgehead atoms. The van der Waals surface area contributed by atoms with E-state index in [4.69, 9.17) is 0 Å². The molecule has 0 saturated carbocycles. The molecule has 0 saturated heterocycles. The lowest BCUT2D eigenvalue weighted by atomic mass is 9.88. The van der Waals surface area contributed by atoms with E-state index in [0.29, 0.717) is 5.92 Å². The van der Waals surface area contributed by atoms with Crippen LogP contribution < -0.4 is 0 Å². The van der Waals surface area contributed by atoms with Crippen molar-refractivity contribution in [2.75, 3.05) is 0 Å². The van der Waals surface area contributed by atoms with Crippen LogP contribution in [-0.4, -0.2) is 6.29 Å². The maximum absolute atomic E-state index is 10.5. The minimum Gasteiger partial charge on any atom is -0.298 e. The van der Waals surface area contributed by atoms with E-state index in [1.165, 1.54) is 32.1 Å². The van der Waals surface area contributed by atoms with Crippen LogP contribution >= 0.6 is 0 Å². The Balaban J connectivity index is 2.38. The molecule has 0 aliphatic heterocycles. The van der Waals surface area contributed by atoms with Gasteiger partial charge in [-0.15, -0.1) is 0 Å². The molecule has 0 amide bonds. The first kappa shape index (κ1) is 9.50. The van der Waals surface area contributed by atoms with Gasteiger partial charge in [0.2, 0.25) is 0 Å². The number of rotatable bonds is 4. The summed E-state index contributed by atoms with van der Waals surface area (Å²) in [6.45, 7) is 2.22. The number of carbonyl (C=O) groups excluding carboxylic acids is 1. The molecular weight excluding hydrogens is 148 g/mol.